The highest BCUT2D eigenvalue weighted by molar-refractivity contribution is 5.78. The van der Waals surface area contributed by atoms with Gasteiger partial charge >= 0.3 is 0 Å². The van der Waals surface area contributed by atoms with Crippen LogP contribution in [-0.2, 0) is 6.54 Å². The molecule has 1 aliphatic rings. The van der Waals surface area contributed by atoms with Gasteiger partial charge in [-0.25, -0.2) is 9.98 Å². The summed E-state index contributed by atoms with van der Waals surface area (Å²) in [5, 5.41) is 4.47. The molecule has 1 fully saturated rings. The minimum absolute atomic E-state index is 0.482. The van der Waals surface area contributed by atoms with Crippen LogP contribution < -0.4 is 11.1 Å². The van der Waals surface area contributed by atoms with Crippen molar-refractivity contribution in [1.29, 1.82) is 0 Å². The number of guanidine groups is 1. The normalized spacial score (nSPS) is 17.8. The molecule has 3 rings (SSSR count). The van der Waals surface area contributed by atoms with Crippen molar-refractivity contribution in [3.8, 4) is 0 Å². The Bertz CT molecular complexity index is 608. The first-order chi connectivity index (χ1) is 10.3. The summed E-state index contributed by atoms with van der Waals surface area (Å²) >= 11 is 0. The fourth-order valence-corrected chi connectivity index (χ4v) is 2.90. The van der Waals surface area contributed by atoms with Gasteiger partial charge in [0.05, 0.1) is 12.2 Å². The Labute approximate surface area is 125 Å². The summed E-state index contributed by atoms with van der Waals surface area (Å²) in [7, 11) is 0. The van der Waals surface area contributed by atoms with Gasteiger partial charge in [0.25, 0.3) is 0 Å². The van der Waals surface area contributed by atoms with E-state index in [1.807, 2.05) is 18.3 Å². The van der Waals surface area contributed by atoms with Crippen molar-refractivity contribution in [3.63, 3.8) is 0 Å². The van der Waals surface area contributed by atoms with Gasteiger partial charge in [0.15, 0.2) is 5.96 Å². The van der Waals surface area contributed by atoms with Crippen LogP contribution in [0.5, 0.6) is 0 Å². The molecule has 0 spiro atoms. The number of nitrogens with two attached hydrogens (primary N) is 1. The van der Waals surface area contributed by atoms with Gasteiger partial charge in [0, 0.05) is 17.6 Å². The van der Waals surface area contributed by atoms with Gasteiger partial charge in [-0.3, -0.25) is 0 Å². The second-order valence-corrected chi connectivity index (χ2v) is 5.75. The van der Waals surface area contributed by atoms with Gasteiger partial charge < -0.3 is 16.0 Å². The van der Waals surface area contributed by atoms with Crippen molar-refractivity contribution in [2.75, 3.05) is 0 Å². The zero-order valence-corrected chi connectivity index (χ0v) is 12.3. The van der Waals surface area contributed by atoms with E-state index in [2.05, 4.69) is 26.3 Å². The number of hydrogen-bond donors (Lipinski definition) is 3. The minimum atomic E-state index is 0.482. The maximum Gasteiger partial charge on any atom is 0.189 e. The third-order valence-electron chi connectivity index (χ3n) is 4.09. The standard InChI is InChI=1S/C16H23N5/c17-16(21-13-5-3-1-2-4-6-13)19-11-14-8-7-12-9-10-18-15(12)20-14/h7-10,13H,1-6,11H2,(H,18,20)(H3,17,19,21). The third kappa shape index (κ3) is 3.74. The van der Waals surface area contributed by atoms with Crippen LogP contribution >= 0.6 is 0 Å². The Kier molecular flexibility index (Phi) is 4.38. The molecule has 0 bridgehead atoms. The number of aromatic nitrogens is 2. The number of fused-ring (bicyclic) bond motifs is 1. The third-order valence-corrected chi connectivity index (χ3v) is 4.09. The van der Waals surface area contributed by atoms with Crippen LogP contribution in [0.3, 0.4) is 0 Å². The zero-order valence-electron chi connectivity index (χ0n) is 12.3. The predicted octanol–water partition coefficient (Wildman–Crippen LogP) is 2.69. The smallest absolute Gasteiger partial charge is 0.189 e. The molecule has 0 atom stereocenters. The van der Waals surface area contributed by atoms with Gasteiger partial charge in [0.1, 0.15) is 5.65 Å². The lowest BCUT2D eigenvalue weighted by molar-refractivity contribution is 0.530. The van der Waals surface area contributed by atoms with E-state index < -0.39 is 0 Å². The molecule has 1 aliphatic carbocycles. The first kappa shape index (κ1) is 13.9. The highest BCUT2D eigenvalue weighted by Crippen LogP contribution is 2.17. The van der Waals surface area contributed by atoms with E-state index in [9.17, 15) is 0 Å². The van der Waals surface area contributed by atoms with Crippen LogP contribution in [0.25, 0.3) is 11.0 Å². The molecule has 0 unspecified atom stereocenters. The van der Waals surface area contributed by atoms with E-state index in [1.54, 1.807) is 0 Å². The fourth-order valence-electron chi connectivity index (χ4n) is 2.90. The van der Waals surface area contributed by atoms with E-state index >= 15 is 0 Å². The molecule has 2 aromatic heterocycles. The molecule has 0 radical (unpaired) electrons. The molecule has 21 heavy (non-hydrogen) atoms. The summed E-state index contributed by atoms with van der Waals surface area (Å²) in [4.78, 5) is 12.1. The maximum absolute atomic E-state index is 6.00. The Morgan fingerprint density at radius 1 is 1.24 bits per heavy atom. The van der Waals surface area contributed by atoms with Crippen LogP contribution in [0.15, 0.2) is 29.4 Å². The van der Waals surface area contributed by atoms with Crippen LogP contribution in [0.2, 0.25) is 0 Å². The number of H-pyrrole nitrogens is 1. The Morgan fingerprint density at radius 3 is 2.86 bits per heavy atom. The van der Waals surface area contributed by atoms with Crippen LogP contribution in [0.4, 0.5) is 0 Å². The lowest BCUT2D eigenvalue weighted by Gasteiger charge is -2.16. The topological polar surface area (TPSA) is 79.1 Å². The number of aromatic amines is 1. The molecule has 4 N–H and O–H groups in total. The average Bonchev–Trinajstić information content (AvgIpc) is 2.81. The van der Waals surface area contributed by atoms with Crippen molar-refractivity contribution < 1.29 is 0 Å². The summed E-state index contributed by atoms with van der Waals surface area (Å²) in [5.74, 6) is 0.537. The number of aliphatic imine (C=N–C) groups is 1. The Hall–Kier alpha value is -2.04. The molecule has 0 saturated heterocycles. The van der Waals surface area contributed by atoms with Gasteiger partial charge in [-0.15, -0.1) is 0 Å². The predicted molar refractivity (Wildman–Crippen MR) is 86.0 cm³/mol. The number of rotatable bonds is 3. The summed E-state index contributed by atoms with van der Waals surface area (Å²) < 4.78 is 0. The minimum Gasteiger partial charge on any atom is -0.370 e. The Morgan fingerprint density at radius 2 is 2.05 bits per heavy atom. The SMILES string of the molecule is NC(=NCc1ccc2cc[nH]c2n1)NC1CCCCCC1. The monoisotopic (exact) mass is 285 g/mol. The summed E-state index contributed by atoms with van der Waals surface area (Å²) in [6.07, 6.45) is 9.55. The molecule has 2 heterocycles. The molecule has 0 aliphatic heterocycles. The van der Waals surface area contributed by atoms with E-state index in [4.69, 9.17) is 5.73 Å². The van der Waals surface area contributed by atoms with Gasteiger partial charge in [0.2, 0.25) is 0 Å². The van der Waals surface area contributed by atoms with Crippen LogP contribution in [0.1, 0.15) is 44.2 Å². The molecule has 0 aromatic carbocycles. The molecule has 5 nitrogen and oxygen atoms in total. The molecule has 5 heteroatoms. The first-order valence-electron chi connectivity index (χ1n) is 7.81. The number of hydrogen-bond acceptors (Lipinski definition) is 2. The summed E-state index contributed by atoms with van der Waals surface area (Å²) in [6, 6.07) is 6.55. The van der Waals surface area contributed by atoms with Crippen LogP contribution in [-0.4, -0.2) is 22.0 Å². The van der Waals surface area contributed by atoms with Crippen molar-refractivity contribution >= 4 is 17.0 Å². The zero-order chi connectivity index (χ0) is 14.5. The number of nitrogens with one attached hydrogen (secondary N) is 2. The quantitative estimate of drug-likeness (QED) is 0.461. The van der Waals surface area contributed by atoms with E-state index in [1.165, 1.54) is 38.5 Å². The lowest BCUT2D eigenvalue weighted by atomic mass is 10.1. The highest BCUT2D eigenvalue weighted by atomic mass is 15.1. The van der Waals surface area contributed by atoms with Crippen molar-refractivity contribution in [2.24, 2.45) is 10.7 Å². The molecular formula is C16H23N5. The van der Waals surface area contributed by atoms with Gasteiger partial charge in [-0.2, -0.15) is 0 Å². The van der Waals surface area contributed by atoms with E-state index in [-0.39, 0.29) is 0 Å². The fraction of sp³-hybridized carbons (Fsp3) is 0.500. The molecule has 112 valence electrons. The van der Waals surface area contributed by atoms with Gasteiger partial charge in [-0.1, -0.05) is 25.7 Å². The number of pyridine rings is 1. The first-order valence-corrected chi connectivity index (χ1v) is 7.81. The molecule has 2 aromatic rings. The highest BCUT2D eigenvalue weighted by Gasteiger charge is 2.12. The number of nitrogens with zero attached hydrogens (tertiary/aromatic N) is 2. The second-order valence-electron chi connectivity index (χ2n) is 5.75. The lowest BCUT2D eigenvalue weighted by Crippen LogP contribution is -2.39. The van der Waals surface area contributed by atoms with E-state index in [0.29, 0.717) is 18.5 Å². The van der Waals surface area contributed by atoms with Crippen molar-refractivity contribution in [1.82, 2.24) is 15.3 Å². The van der Waals surface area contributed by atoms with Crippen molar-refractivity contribution in [2.45, 2.75) is 51.1 Å². The summed E-state index contributed by atoms with van der Waals surface area (Å²) in [5.41, 5.74) is 7.83. The summed E-state index contributed by atoms with van der Waals surface area (Å²) in [6.45, 7) is 0.514. The second kappa shape index (κ2) is 6.61. The van der Waals surface area contributed by atoms with Crippen molar-refractivity contribution in [3.05, 3.63) is 30.1 Å². The molecular weight excluding hydrogens is 262 g/mol. The van der Waals surface area contributed by atoms with E-state index in [0.717, 1.165) is 16.7 Å². The largest absolute Gasteiger partial charge is 0.370 e. The molecule has 0 amide bonds. The van der Waals surface area contributed by atoms with Gasteiger partial charge in [-0.05, 0) is 31.0 Å². The Balaban J connectivity index is 1.58. The maximum atomic E-state index is 6.00. The molecule has 1 saturated carbocycles. The van der Waals surface area contributed by atoms with Crippen LogP contribution in [0, 0.1) is 0 Å². The average molecular weight is 285 g/mol.